The molecule has 4 aromatic rings. The van der Waals surface area contributed by atoms with Crippen LogP contribution in [0, 0.1) is 12.7 Å². The van der Waals surface area contributed by atoms with Gasteiger partial charge in [-0.3, -0.25) is 13.9 Å². The second-order valence-corrected chi connectivity index (χ2v) is 12.5. The fraction of sp³-hybridized carbons (Fsp3) is 0.257. The normalized spacial score (nSPS) is 11.8. The number of aryl methyl sites for hydroxylation is 1. The maximum atomic E-state index is 14.4. The minimum absolute atomic E-state index is 0.0669. The highest BCUT2D eigenvalue weighted by Gasteiger charge is 2.34. The number of ether oxygens (including phenoxy) is 1. The van der Waals surface area contributed by atoms with Crippen LogP contribution >= 0.6 is 0 Å². The quantitative estimate of drug-likeness (QED) is 0.198. The number of benzene rings is 4. The van der Waals surface area contributed by atoms with E-state index in [0.29, 0.717) is 18.7 Å². The Morgan fingerprint density at radius 3 is 2.18 bits per heavy atom. The van der Waals surface area contributed by atoms with Crippen LogP contribution in [0.25, 0.3) is 0 Å². The third-order valence-electron chi connectivity index (χ3n) is 7.30. The molecule has 0 fully saturated rings. The Hall–Kier alpha value is -4.70. The van der Waals surface area contributed by atoms with Crippen molar-refractivity contribution in [1.29, 1.82) is 0 Å². The molecule has 1 atom stereocenters. The van der Waals surface area contributed by atoms with Gasteiger partial charge in [-0.25, -0.2) is 12.8 Å². The molecule has 1 unspecified atom stereocenters. The van der Waals surface area contributed by atoms with E-state index < -0.39 is 34.3 Å². The standard InChI is InChI=1S/C35H38FN3O5S/c1-4-21-37-35(41)33(23-27-10-6-5-7-11-27)38(24-28-12-8-9-26(2)22-28)34(40)25-39(30-15-13-29(36)14-16-30)45(42,43)32-19-17-31(44-3)18-20-32/h5-20,22,33H,4,21,23-25H2,1-3H3,(H,37,41). The highest BCUT2D eigenvalue weighted by Crippen LogP contribution is 2.26. The van der Waals surface area contributed by atoms with Gasteiger partial charge in [-0.1, -0.05) is 67.1 Å². The van der Waals surface area contributed by atoms with E-state index in [2.05, 4.69) is 5.32 Å². The predicted molar refractivity (Wildman–Crippen MR) is 173 cm³/mol. The summed E-state index contributed by atoms with van der Waals surface area (Å²) in [6, 6.07) is 26.7. The predicted octanol–water partition coefficient (Wildman–Crippen LogP) is 5.50. The summed E-state index contributed by atoms with van der Waals surface area (Å²) in [5, 5.41) is 2.93. The first-order chi connectivity index (χ1) is 21.6. The summed E-state index contributed by atoms with van der Waals surface area (Å²) in [5.41, 5.74) is 2.71. The van der Waals surface area contributed by atoms with Crippen LogP contribution in [-0.2, 0) is 32.6 Å². The number of hydrogen-bond acceptors (Lipinski definition) is 5. The molecule has 4 rings (SSSR count). The molecule has 8 nitrogen and oxygen atoms in total. The minimum Gasteiger partial charge on any atom is -0.497 e. The summed E-state index contributed by atoms with van der Waals surface area (Å²) in [5.74, 6) is -1.02. The van der Waals surface area contributed by atoms with Crippen LogP contribution < -0.4 is 14.4 Å². The molecule has 0 aliphatic heterocycles. The molecule has 4 aromatic carbocycles. The minimum atomic E-state index is -4.31. The molecule has 0 aliphatic rings. The number of rotatable bonds is 14. The first-order valence-corrected chi connectivity index (χ1v) is 16.2. The number of carbonyl (C=O) groups is 2. The average Bonchev–Trinajstić information content (AvgIpc) is 3.05. The van der Waals surface area contributed by atoms with Crippen LogP contribution in [0.4, 0.5) is 10.1 Å². The lowest BCUT2D eigenvalue weighted by atomic mass is 10.0. The molecular weight excluding hydrogens is 593 g/mol. The van der Waals surface area contributed by atoms with Crippen molar-refractivity contribution >= 4 is 27.5 Å². The van der Waals surface area contributed by atoms with Gasteiger partial charge in [0.2, 0.25) is 11.8 Å². The van der Waals surface area contributed by atoms with E-state index in [1.54, 1.807) is 0 Å². The second-order valence-electron chi connectivity index (χ2n) is 10.7. The van der Waals surface area contributed by atoms with E-state index in [-0.39, 0.29) is 29.5 Å². The number of nitrogens with one attached hydrogen (secondary N) is 1. The number of sulfonamides is 1. The van der Waals surface area contributed by atoms with Crippen LogP contribution in [0.5, 0.6) is 5.75 Å². The summed E-state index contributed by atoms with van der Waals surface area (Å²) in [4.78, 5) is 29.5. The Bertz CT molecular complexity index is 1680. The van der Waals surface area contributed by atoms with Gasteiger partial charge in [-0.05, 0) is 73.0 Å². The summed E-state index contributed by atoms with van der Waals surface area (Å²) in [6.45, 7) is 3.73. The Labute approximate surface area is 264 Å². The van der Waals surface area contributed by atoms with E-state index in [1.807, 2.05) is 68.4 Å². The lowest BCUT2D eigenvalue weighted by Crippen LogP contribution is -2.53. The SMILES string of the molecule is CCCNC(=O)C(Cc1ccccc1)N(Cc1cccc(C)c1)C(=O)CN(c1ccc(F)cc1)S(=O)(=O)c1ccc(OC)cc1. The van der Waals surface area contributed by atoms with E-state index >= 15 is 0 Å². The van der Waals surface area contributed by atoms with Crippen molar-refractivity contribution in [3.05, 3.63) is 126 Å². The third-order valence-corrected chi connectivity index (χ3v) is 9.08. The molecule has 0 aliphatic carbocycles. The molecule has 1 N–H and O–H groups in total. The Morgan fingerprint density at radius 1 is 0.889 bits per heavy atom. The highest BCUT2D eigenvalue weighted by molar-refractivity contribution is 7.92. The molecule has 0 saturated heterocycles. The van der Waals surface area contributed by atoms with Gasteiger partial charge in [0.05, 0.1) is 17.7 Å². The maximum Gasteiger partial charge on any atom is 0.264 e. The van der Waals surface area contributed by atoms with Crippen LogP contribution in [0.1, 0.15) is 30.0 Å². The summed E-state index contributed by atoms with van der Waals surface area (Å²) in [7, 11) is -2.84. The fourth-order valence-corrected chi connectivity index (χ4v) is 6.35. The van der Waals surface area contributed by atoms with Gasteiger partial charge < -0.3 is 15.0 Å². The summed E-state index contributed by atoms with van der Waals surface area (Å²) in [6.07, 6.45) is 0.920. The van der Waals surface area contributed by atoms with Crippen molar-refractivity contribution in [3.63, 3.8) is 0 Å². The average molecular weight is 632 g/mol. The molecule has 0 aromatic heterocycles. The molecule has 236 valence electrons. The zero-order valence-corrected chi connectivity index (χ0v) is 26.5. The van der Waals surface area contributed by atoms with Gasteiger partial charge in [0.1, 0.15) is 24.2 Å². The van der Waals surface area contributed by atoms with E-state index in [4.69, 9.17) is 4.74 Å². The summed E-state index contributed by atoms with van der Waals surface area (Å²) >= 11 is 0. The number of carbonyl (C=O) groups excluding carboxylic acids is 2. The topological polar surface area (TPSA) is 96.0 Å². The monoisotopic (exact) mass is 631 g/mol. The lowest BCUT2D eigenvalue weighted by molar-refractivity contribution is -0.140. The Balaban J connectivity index is 1.79. The van der Waals surface area contributed by atoms with Crippen LogP contribution in [0.2, 0.25) is 0 Å². The van der Waals surface area contributed by atoms with E-state index in [1.165, 1.54) is 48.4 Å². The van der Waals surface area contributed by atoms with Gasteiger partial charge >= 0.3 is 0 Å². The number of methoxy groups -OCH3 is 1. The molecule has 0 heterocycles. The number of hydrogen-bond donors (Lipinski definition) is 1. The molecular formula is C35H38FN3O5S. The summed E-state index contributed by atoms with van der Waals surface area (Å²) < 4.78 is 48.2. The zero-order chi connectivity index (χ0) is 32.4. The maximum absolute atomic E-state index is 14.4. The van der Waals surface area contributed by atoms with Crippen molar-refractivity contribution in [1.82, 2.24) is 10.2 Å². The fourth-order valence-electron chi connectivity index (χ4n) is 4.94. The van der Waals surface area contributed by atoms with Gasteiger partial charge in [0, 0.05) is 19.5 Å². The second kappa shape index (κ2) is 15.3. The molecule has 10 heteroatoms. The van der Waals surface area contributed by atoms with Crippen LogP contribution in [0.15, 0.2) is 108 Å². The molecule has 2 amide bonds. The van der Waals surface area contributed by atoms with E-state index in [9.17, 15) is 22.4 Å². The van der Waals surface area contributed by atoms with Crippen LogP contribution in [0.3, 0.4) is 0 Å². The largest absolute Gasteiger partial charge is 0.497 e. The molecule has 0 saturated carbocycles. The molecule has 0 radical (unpaired) electrons. The third kappa shape index (κ3) is 8.69. The first kappa shape index (κ1) is 33.2. The number of halogens is 1. The first-order valence-electron chi connectivity index (χ1n) is 14.7. The van der Waals surface area contributed by atoms with Gasteiger partial charge in [-0.2, -0.15) is 0 Å². The Kier molecular flexibility index (Phi) is 11.3. The van der Waals surface area contributed by atoms with Crippen molar-refractivity contribution in [2.45, 2.75) is 44.2 Å². The number of anilines is 1. The van der Waals surface area contributed by atoms with Crippen molar-refractivity contribution in [2.24, 2.45) is 0 Å². The van der Waals surface area contributed by atoms with Gasteiger partial charge in [0.15, 0.2) is 0 Å². The molecule has 0 bridgehead atoms. The van der Waals surface area contributed by atoms with Crippen molar-refractivity contribution < 1.29 is 27.1 Å². The lowest BCUT2D eigenvalue weighted by Gasteiger charge is -2.34. The van der Waals surface area contributed by atoms with Crippen molar-refractivity contribution in [3.8, 4) is 5.75 Å². The van der Waals surface area contributed by atoms with Gasteiger partial charge in [-0.15, -0.1) is 0 Å². The zero-order valence-electron chi connectivity index (χ0n) is 25.6. The van der Waals surface area contributed by atoms with Crippen molar-refractivity contribution in [2.75, 3.05) is 24.5 Å². The van der Waals surface area contributed by atoms with E-state index in [0.717, 1.165) is 33.1 Å². The Morgan fingerprint density at radius 2 is 1.56 bits per heavy atom. The van der Waals surface area contributed by atoms with Gasteiger partial charge in [0.25, 0.3) is 10.0 Å². The molecule has 45 heavy (non-hydrogen) atoms. The molecule has 0 spiro atoms. The number of nitrogens with zero attached hydrogens (tertiary/aromatic N) is 2. The highest BCUT2D eigenvalue weighted by atomic mass is 32.2. The smallest absolute Gasteiger partial charge is 0.264 e. The number of amides is 2. The van der Waals surface area contributed by atoms with Crippen LogP contribution in [-0.4, -0.2) is 51.4 Å².